The third kappa shape index (κ3) is 3.89. The molecule has 0 aliphatic rings. The van der Waals surface area contributed by atoms with Gasteiger partial charge in [-0.2, -0.15) is 4.98 Å². The van der Waals surface area contributed by atoms with E-state index >= 15 is 0 Å². The summed E-state index contributed by atoms with van der Waals surface area (Å²) in [5, 5.41) is 6.13. The van der Waals surface area contributed by atoms with Crippen LogP contribution in [0, 0.1) is 5.82 Å². The first-order chi connectivity index (χ1) is 11.7. The fourth-order valence-corrected chi connectivity index (χ4v) is 2.57. The molecule has 1 aromatic heterocycles. The van der Waals surface area contributed by atoms with E-state index in [0.29, 0.717) is 28.5 Å². The van der Waals surface area contributed by atoms with E-state index in [-0.39, 0.29) is 5.82 Å². The second-order valence-corrected chi connectivity index (χ2v) is 6.02. The Morgan fingerprint density at radius 3 is 2.54 bits per heavy atom. The van der Waals surface area contributed by atoms with Crippen LogP contribution in [-0.4, -0.2) is 16.5 Å². The molecule has 2 N–H and O–H groups in total. The predicted octanol–water partition coefficient (Wildman–Crippen LogP) is 5.22. The van der Waals surface area contributed by atoms with Crippen LogP contribution in [0.2, 0.25) is 0 Å². The highest BCUT2D eigenvalue weighted by atomic mass is 79.9. The molecule has 0 aliphatic heterocycles. The maximum Gasteiger partial charge on any atom is 0.225 e. The van der Waals surface area contributed by atoms with E-state index in [0.717, 1.165) is 11.3 Å². The number of nitrogens with zero attached hydrogens (tertiary/aromatic N) is 2. The average Bonchev–Trinajstić information content (AvgIpc) is 2.58. The van der Waals surface area contributed by atoms with Crippen molar-refractivity contribution in [3.63, 3.8) is 0 Å². The molecule has 3 rings (SSSR count). The molecule has 24 heavy (non-hydrogen) atoms. The molecule has 0 radical (unpaired) electrons. The smallest absolute Gasteiger partial charge is 0.225 e. The van der Waals surface area contributed by atoms with Gasteiger partial charge in [0, 0.05) is 22.6 Å². The van der Waals surface area contributed by atoms with Crippen LogP contribution >= 0.6 is 15.9 Å². The maximum atomic E-state index is 14.1. The van der Waals surface area contributed by atoms with Gasteiger partial charge >= 0.3 is 0 Å². The predicted molar refractivity (Wildman–Crippen MR) is 99.0 cm³/mol. The van der Waals surface area contributed by atoms with Gasteiger partial charge in [0.05, 0.1) is 11.4 Å². The van der Waals surface area contributed by atoms with Crippen LogP contribution in [-0.2, 0) is 0 Å². The Kier molecular flexibility index (Phi) is 5.05. The van der Waals surface area contributed by atoms with Gasteiger partial charge in [0.15, 0.2) is 0 Å². The molecule has 3 aromatic rings. The summed E-state index contributed by atoms with van der Waals surface area (Å²) in [6.45, 7) is 2.67. The van der Waals surface area contributed by atoms with Gasteiger partial charge < -0.3 is 10.6 Å². The van der Waals surface area contributed by atoms with Crippen molar-refractivity contribution in [2.75, 3.05) is 17.2 Å². The van der Waals surface area contributed by atoms with Crippen LogP contribution in [0.4, 0.5) is 21.8 Å². The lowest BCUT2D eigenvalue weighted by Gasteiger charge is -2.11. The summed E-state index contributed by atoms with van der Waals surface area (Å²) in [4.78, 5) is 8.90. The minimum absolute atomic E-state index is 0.353. The fourth-order valence-electron chi connectivity index (χ4n) is 2.23. The van der Waals surface area contributed by atoms with Gasteiger partial charge in [-0.15, -0.1) is 0 Å². The normalized spacial score (nSPS) is 10.5. The molecular formula is C18H16BrFN4. The number of anilines is 3. The lowest BCUT2D eigenvalue weighted by atomic mass is 10.1. The third-order valence-electron chi connectivity index (χ3n) is 3.32. The first kappa shape index (κ1) is 16.4. The van der Waals surface area contributed by atoms with Crippen molar-refractivity contribution in [1.82, 2.24) is 9.97 Å². The minimum Gasteiger partial charge on any atom is -0.354 e. The fraction of sp³-hybridized carbons (Fsp3) is 0.111. The van der Waals surface area contributed by atoms with Crippen LogP contribution in [0.1, 0.15) is 6.92 Å². The average molecular weight is 387 g/mol. The van der Waals surface area contributed by atoms with E-state index in [1.54, 1.807) is 18.2 Å². The number of rotatable bonds is 5. The summed E-state index contributed by atoms with van der Waals surface area (Å²) >= 11 is 3.25. The molecule has 0 spiro atoms. The molecule has 0 bridgehead atoms. The highest BCUT2D eigenvalue weighted by Crippen LogP contribution is 2.26. The zero-order valence-electron chi connectivity index (χ0n) is 13.1. The minimum atomic E-state index is -0.353. The quantitative estimate of drug-likeness (QED) is 0.630. The monoisotopic (exact) mass is 386 g/mol. The molecule has 0 fully saturated rings. The highest BCUT2D eigenvalue weighted by molar-refractivity contribution is 9.10. The van der Waals surface area contributed by atoms with Gasteiger partial charge in [0.2, 0.25) is 5.95 Å². The van der Waals surface area contributed by atoms with Crippen molar-refractivity contribution in [3.05, 3.63) is 64.9 Å². The SMILES string of the molecule is CCNc1nc(Nc2ccc(Br)cc2F)cc(-c2ccccc2)n1. The van der Waals surface area contributed by atoms with Crippen molar-refractivity contribution in [3.8, 4) is 11.3 Å². The molecular weight excluding hydrogens is 371 g/mol. The number of benzene rings is 2. The van der Waals surface area contributed by atoms with Crippen LogP contribution in [0.15, 0.2) is 59.1 Å². The van der Waals surface area contributed by atoms with Crippen LogP contribution in [0.5, 0.6) is 0 Å². The molecule has 0 aliphatic carbocycles. The van der Waals surface area contributed by atoms with Gasteiger partial charge in [0.1, 0.15) is 11.6 Å². The van der Waals surface area contributed by atoms with E-state index in [9.17, 15) is 4.39 Å². The number of nitrogens with one attached hydrogen (secondary N) is 2. The number of hydrogen-bond acceptors (Lipinski definition) is 4. The lowest BCUT2D eigenvalue weighted by molar-refractivity contribution is 0.631. The molecule has 122 valence electrons. The van der Waals surface area contributed by atoms with Gasteiger partial charge in [-0.3, -0.25) is 0 Å². The zero-order valence-corrected chi connectivity index (χ0v) is 14.6. The Morgan fingerprint density at radius 2 is 1.83 bits per heavy atom. The Bertz CT molecular complexity index is 840. The topological polar surface area (TPSA) is 49.8 Å². The summed E-state index contributed by atoms with van der Waals surface area (Å²) in [5.41, 5.74) is 2.10. The summed E-state index contributed by atoms with van der Waals surface area (Å²) in [6.07, 6.45) is 0. The Hall–Kier alpha value is -2.47. The Morgan fingerprint density at radius 1 is 1.04 bits per heavy atom. The van der Waals surface area contributed by atoms with Gasteiger partial charge in [-0.25, -0.2) is 9.37 Å². The number of aromatic nitrogens is 2. The van der Waals surface area contributed by atoms with Crippen molar-refractivity contribution in [1.29, 1.82) is 0 Å². The van der Waals surface area contributed by atoms with Crippen molar-refractivity contribution in [2.45, 2.75) is 6.92 Å². The Labute approximate surface area is 148 Å². The van der Waals surface area contributed by atoms with E-state index in [1.807, 2.05) is 37.3 Å². The molecule has 1 heterocycles. The first-order valence-electron chi connectivity index (χ1n) is 7.56. The van der Waals surface area contributed by atoms with Crippen LogP contribution in [0.25, 0.3) is 11.3 Å². The summed E-state index contributed by atoms with van der Waals surface area (Å²) < 4.78 is 14.7. The van der Waals surface area contributed by atoms with E-state index in [2.05, 4.69) is 36.5 Å². The highest BCUT2D eigenvalue weighted by Gasteiger charge is 2.09. The Balaban J connectivity index is 1.99. The second kappa shape index (κ2) is 7.40. The summed E-state index contributed by atoms with van der Waals surface area (Å²) in [6, 6.07) is 16.4. The molecule has 0 saturated carbocycles. The van der Waals surface area contributed by atoms with Crippen LogP contribution < -0.4 is 10.6 Å². The molecule has 0 saturated heterocycles. The summed E-state index contributed by atoms with van der Waals surface area (Å²) in [7, 11) is 0. The van der Waals surface area contributed by atoms with Crippen molar-refractivity contribution < 1.29 is 4.39 Å². The summed E-state index contributed by atoms with van der Waals surface area (Å²) in [5.74, 6) is 0.675. The third-order valence-corrected chi connectivity index (χ3v) is 3.82. The lowest BCUT2D eigenvalue weighted by Crippen LogP contribution is -2.06. The van der Waals surface area contributed by atoms with Gasteiger partial charge in [-0.05, 0) is 25.1 Å². The standard InChI is InChI=1S/C18H16BrFN4/c1-2-21-18-23-16(12-6-4-3-5-7-12)11-17(24-18)22-15-9-8-13(19)10-14(15)20/h3-11H,2H2,1H3,(H2,21,22,23,24). The largest absolute Gasteiger partial charge is 0.354 e. The van der Waals surface area contributed by atoms with E-state index < -0.39 is 0 Å². The second-order valence-electron chi connectivity index (χ2n) is 5.11. The van der Waals surface area contributed by atoms with Crippen LogP contribution in [0.3, 0.4) is 0 Å². The molecule has 0 amide bonds. The molecule has 4 nitrogen and oxygen atoms in total. The first-order valence-corrected chi connectivity index (χ1v) is 8.35. The van der Waals surface area contributed by atoms with E-state index in [4.69, 9.17) is 0 Å². The number of hydrogen-bond donors (Lipinski definition) is 2. The molecule has 6 heteroatoms. The maximum absolute atomic E-state index is 14.1. The molecule has 2 aromatic carbocycles. The zero-order chi connectivity index (χ0) is 16.9. The molecule has 0 unspecified atom stereocenters. The number of halogens is 2. The van der Waals surface area contributed by atoms with Gasteiger partial charge in [0.25, 0.3) is 0 Å². The van der Waals surface area contributed by atoms with E-state index in [1.165, 1.54) is 6.07 Å². The van der Waals surface area contributed by atoms with Gasteiger partial charge in [-0.1, -0.05) is 46.3 Å². The van der Waals surface area contributed by atoms with Crippen molar-refractivity contribution >= 4 is 33.4 Å². The van der Waals surface area contributed by atoms with Crippen molar-refractivity contribution in [2.24, 2.45) is 0 Å². The molecule has 0 atom stereocenters.